The van der Waals surface area contributed by atoms with Gasteiger partial charge in [-0.05, 0) is 43.7 Å². The van der Waals surface area contributed by atoms with Gasteiger partial charge < -0.3 is 19.7 Å². The second-order valence-electron chi connectivity index (χ2n) is 6.76. The van der Waals surface area contributed by atoms with Crippen LogP contribution < -0.4 is 10.1 Å². The molecule has 3 rings (SSSR count). The average Bonchev–Trinajstić information content (AvgIpc) is 2.72. The second-order valence-corrected chi connectivity index (χ2v) is 6.76. The molecule has 2 heterocycles. The minimum Gasteiger partial charge on any atom is -0.439 e. The Morgan fingerprint density at radius 3 is 2.50 bits per heavy atom. The van der Waals surface area contributed by atoms with Crippen LogP contribution in [0.4, 0.5) is 10.5 Å². The summed E-state index contributed by atoms with van der Waals surface area (Å²) in [4.78, 5) is 20.9. The van der Waals surface area contributed by atoms with Gasteiger partial charge in [0.2, 0.25) is 5.88 Å². The number of piperazine rings is 1. The summed E-state index contributed by atoms with van der Waals surface area (Å²) in [6.07, 6.45) is 1.76. The SMILES string of the molecule is CCOCCN1CCN(C(=O)Nc2ccc(Oc3ccc(C)cn3)cc2)CC1. The molecule has 0 bridgehead atoms. The molecule has 7 nitrogen and oxygen atoms in total. The molecule has 0 spiro atoms. The number of nitrogens with one attached hydrogen (secondary N) is 1. The molecule has 0 radical (unpaired) electrons. The molecule has 1 aliphatic rings. The highest BCUT2D eigenvalue weighted by Gasteiger charge is 2.20. The van der Waals surface area contributed by atoms with E-state index >= 15 is 0 Å². The number of carbonyl (C=O) groups excluding carboxylic acids is 1. The van der Waals surface area contributed by atoms with Crippen molar-refractivity contribution in [2.45, 2.75) is 13.8 Å². The maximum absolute atomic E-state index is 12.5. The van der Waals surface area contributed by atoms with Crippen LogP contribution in [0.25, 0.3) is 0 Å². The number of aromatic nitrogens is 1. The van der Waals surface area contributed by atoms with Crippen LogP contribution in [-0.2, 0) is 4.74 Å². The maximum atomic E-state index is 12.5. The van der Waals surface area contributed by atoms with Gasteiger partial charge in [0, 0.05) is 57.3 Å². The highest BCUT2D eigenvalue weighted by atomic mass is 16.5. The molecule has 150 valence electrons. The number of nitrogens with zero attached hydrogens (tertiary/aromatic N) is 3. The Bertz CT molecular complexity index is 741. The molecule has 7 heteroatoms. The van der Waals surface area contributed by atoms with Crippen molar-refractivity contribution in [1.82, 2.24) is 14.8 Å². The molecule has 1 aliphatic heterocycles. The molecule has 1 fully saturated rings. The summed E-state index contributed by atoms with van der Waals surface area (Å²) in [6, 6.07) is 11.0. The first-order valence-corrected chi connectivity index (χ1v) is 9.70. The van der Waals surface area contributed by atoms with Gasteiger partial charge in [0.15, 0.2) is 0 Å². The van der Waals surface area contributed by atoms with Crippen molar-refractivity contribution in [3.8, 4) is 11.6 Å². The van der Waals surface area contributed by atoms with Crippen molar-refractivity contribution in [3.63, 3.8) is 0 Å². The van der Waals surface area contributed by atoms with Gasteiger partial charge in [-0.25, -0.2) is 9.78 Å². The number of hydrogen-bond donors (Lipinski definition) is 1. The van der Waals surface area contributed by atoms with Crippen LogP contribution in [0.2, 0.25) is 0 Å². The van der Waals surface area contributed by atoms with E-state index in [9.17, 15) is 4.79 Å². The van der Waals surface area contributed by atoms with Crippen molar-refractivity contribution in [2.24, 2.45) is 0 Å². The van der Waals surface area contributed by atoms with Crippen LogP contribution in [0.1, 0.15) is 12.5 Å². The van der Waals surface area contributed by atoms with E-state index in [1.54, 1.807) is 6.20 Å². The Kier molecular flexibility index (Phi) is 7.22. The van der Waals surface area contributed by atoms with Crippen LogP contribution in [0.3, 0.4) is 0 Å². The predicted octanol–water partition coefficient (Wildman–Crippen LogP) is 3.37. The third-order valence-electron chi connectivity index (χ3n) is 4.63. The summed E-state index contributed by atoms with van der Waals surface area (Å²) in [7, 11) is 0. The minimum atomic E-state index is -0.0710. The van der Waals surface area contributed by atoms with Gasteiger partial charge in [0.1, 0.15) is 5.75 Å². The second kappa shape index (κ2) is 10.1. The number of aryl methyl sites for hydroxylation is 1. The molecule has 0 aliphatic carbocycles. The van der Waals surface area contributed by atoms with Gasteiger partial charge in [0.05, 0.1) is 6.61 Å². The third-order valence-corrected chi connectivity index (χ3v) is 4.63. The minimum absolute atomic E-state index is 0.0710. The number of carbonyl (C=O) groups is 1. The van der Waals surface area contributed by atoms with Gasteiger partial charge in [-0.15, -0.1) is 0 Å². The molecule has 0 saturated carbocycles. The van der Waals surface area contributed by atoms with Crippen LogP contribution in [0, 0.1) is 6.92 Å². The quantitative estimate of drug-likeness (QED) is 0.742. The van der Waals surface area contributed by atoms with Crippen molar-refractivity contribution in [3.05, 3.63) is 48.2 Å². The Balaban J connectivity index is 1.45. The molecule has 28 heavy (non-hydrogen) atoms. The van der Waals surface area contributed by atoms with E-state index in [2.05, 4.69) is 15.2 Å². The zero-order valence-electron chi connectivity index (χ0n) is 16.6. The lowest BCUT2D eigenvalue weighted by atomic mass is 10.3. The molecule has 0 atom stereocenters. The highest BCUT2D eigenvalue weighted by Crippen LogP contribution is 2.21. The summed E-state index contributed by atoms with van der Waals surface area (Å²) < 4.78 is 11.1. The molecule has 2 amide bonds. The predicted molar refractivity (Wildman–Crippen MR) is 109 cm³/mol. The van der Waals surface area contributed by atoms with Crippen molar-refractivity contribution in [2.75, 3.05) is 51.3 Å². The first kappa shape index (κ1) is 20.1. The van der Waals surface area contributed by atoms with Crippen LogP contribution in [-0.4, -0.2) is 66.8 Å². The van der Waals surface area contributed by atoms with Gasteiger partial charge in [-0.2, -0.15) is 0 Å². The normalized spacial score (nSPS) is 14.7. The highest BCUT2D eigenvalue weighted by molar-refractivity contribution is 5.89. The molecular weight excluding hydrogens is 356 g/mol. The average molecular weight is 384 g/mol. The van der Waals surface area contributed by atoms with Gasteiger partial charge >= 0.3 is 6.03 Å². The van der Waals surface area contributed by atoms with Gasteiger partial charge in [-0.1, -0.05) is 6.07 Å². The molecule has 0 unspecified atom stereocenters. The number of urea groups is 1. The smallest absolute Gasteiger partial charge is 0.321 e. The Labute approximate surface area is 166 Å². The summed E-state index contributed by atoms with van der Waals surface area (Å²) in [5.41, 5.74) is 1.83. The summed E-state index contributed by atoms with van der Waals surface area (Å²) in [5, 5.41) is 2.95. The van der Waals surface area contributed by atoms with E-state index in [1.807, 2.05) is 55.1 Å². The number of pyridine rings is 1. The number of benzene rings is 1. The van der Waals surface area contributed by atoms with Crippen LogP contribution in [0.5, 0.6) is 11.6 Å². The van der Waals surface area contributed by atoms with Crippen LogP contribution >= 0.6 is 0 Å². The first-order chi connectivity index (χ1) is 13.6. The number of amides is 2. The Hall–Kier alpha value is -2.64. The molecular formula is C21H28N4O3. The molecule has 2 aromatic rings. The largest absolute Gasteiger partial charge is 0.439 e. The summed E-state index contributed by atoms with van der Waals surface area (Å²) in [5.74, 6) is 1.22. The number of hydrogen-bond acceptors (Lipinski definition) is 5. The maximum Gasteiger partial charge on any atom is 0.321 e. The number of ether oxygens (including phenoxy) is 2. The fourth-order valence-corrected chi connectivity index (χ4v) is 2.96. The lowest BCUT2D eigenvalue weighted by Gasteiger charge is -2.34. The zero-order chi connectivity index (χ0) is 19.8. The van der Waals surface area contributed by atoms with Gasteiger partial charge in [-0.3, -0.25) is 4.90 Å². The lowest BCUT2D eigenvalue weighted by Crippen LogP contribution is -2.50. The number of anilines is 1. The van der Waals surface area contributed by atoms with Crippen molar-refractivity contribution < 1.29 is 14.3 Å². The molecule has 1 aromatic carbocycles. The number of rotatable bonds is 7. The summed E-state index contributed by atoms with van der Waals surface area (Å²) >= 11 is 0. The fraction of sp³-hybridized carbons (Fsp3) is 0.429. The standard InChI is InChI=1S/C21H28N4O3/c1-3-27-15-14-24-10-12-25(13-11-24)21(26)23-18-5-7-19(8-6-18)28-20-9-4-17(2)16-22-20/h4-9,16H,3,10-15H2,1-2H3,(H,23,26). The van der Waals surface area contributed by atoms with E-state index in [-0.39, 0.29) is 6.03 Å². The van der Waals surface area contributed by atoms with Crippen molar-refractivity contribution >= 4 is 11.7 Å². The van der Waals surface area contributed by atoms with Gasteiger partial charge in [0.25, 0.3) is 0 Å². The third kappa shape index (κ3) is 5.94. The topological polar surface area (TPSA) is 66.9 Å². The Morgan fingerprint density at radius 1 is 1.11 bits per heavy atom. The van der Waals surface area contributed by atoms with E-state index < -0.39 is 0 Å². The van der Waals surface area contributed by atoms with E-state index in [0.717, 1.165) is 57.2 Å². The molecule has 1 saturated heterocycles. The fourth-order valence-electron chi connectivity index (χ4n) is 2.96. The van der Waals surface area contributed by atoms with Crippen molar-refractivity contribution in [1.29, 1.82) is 0 Å². The summed E-state index contributed by atoms with van der Waals surface area (Å²) in [6.45, 7) is 9.57. The molecule has 1 aromatic heterocycles. The van der Waals surface area contributed by atoms with Crippen LogP contribution in [0.15, 0.2) is 42.6 Å². The van der Waals surface area contributed by atoms with E-state index in [4.69, 9.17) is 9.47 Å². The van der Waals surface area contributed by atoms with E-state index in [0.29, 0.717) is 11.6 Å². The Morgan fingerprint density at radius 2 is 1.86 bits per heavy atom. The monoisotopic (exact) mass is 384 g/mol. The zero-order valence-corrected chi connectivity index (χ0v) is 16.6. The molecule has 1 N–H and O–H groups in total. The van der Waals surface area contributed by atoms with E-state index in [1.165, 1.54) is 0 Å². The lowest BCUT2D eigenvalue weighted by molar-refractivity contribution is 0.0901. The first-order valence-electron chi connectivity index (χ1n) is 9.70.